The molecule has 0 saturated carbocycles. The number of β-amino-alcohol motifs (C(OH)–C–C–N with tert-alkyl or cyclic N) is 1. The number of nitrogens with zero attached hydrogens (tertiary/aromatic N) is 5. The fourth-order valence-corrected chi connectivity index (χ4v) is 4.82. The van der Waals surface area contributed by atoms with Gasteiger partial charge in [0.25, 0.3) is 5.91 Å². The van der Waals surface area contributed by atoms with Crippen LogP contribution in [0.1, 0.15) is 22.2 Å². The number of hydrazine groups is 1. The normalized spacial score (nSPS) is 13.3. The lowest BCUT2D eigenvalue weighted by Gasteiger charge is -2.35. The lowest BCUT2D eigenvalue weighted by molar-refractivity contribution is -0.115. The van der Waals surface area contributed by atoms with E-state index in [1.54, 1.807) is 19.1 Å². The number of piperazine rings is 1. The summed E-state index contributed by atoms with van der Waals surface area (Å²) in [6.07, 6.45) is 1.47. The number of thiazole rings is 1. The van der Waals surface area contributed by atoms with Crippen molar-refractivity contribution in [3.63, 3.8) is 0 Å². The molecule has 14 heteroatoms. The van der Waals surface area contributed by atoms with Crippen molar-refractivity contribution in [2.45, 2.75) is 13.8 Å². The highest BCUT2D eigenvalue weighted by Crippen LogP contribution is 2.29. The van der Waals surface area contributed by atoms with Crippen LogP contribution in [0.4, 0.5) is 28.4 Å². The third-order valence-corrected chi connectivity index (χ3v) is 7.00. The van der Waals surface area contributed by atoms with Crippen molar-refractivity contribution in [1.29, 1.82) is 0 Å². The molecule has 3 aromatic rings. The number of benzene rings is 1. The van der Waals surface area contributed by atoms with Crippen molar-refractivity contribution in [3.05, 3.63) is 45.9 Å². The molecule has 0 spiro atoms. The molecule has 3 heterocycles. The van der Waals surface area contributed by atoms with Crippen LogP contribution in [0.2, 0.25) is 5.02 Å². The zero-order valence-corrected chi connectivity index (χ0v) is 23.0. The maximum atomic E-state index is 12.8. The van der Waals surface area contributed by atoms with Crippen LogP contribution in [-0.2, 0) is 4.79 Å². The Balaban J connectivity index is 1.51. The van der Waals surface area contributed by atoms with Gasteiger partial charge in [0.1, 0.15) is 16.5 Å². The quantitative estimate of drug-likeness (QED) is 0.192. The molecule has 0 radical (unpaired) electrons. The van der Waals surface area contributed by atoms with E-state index < -0.39 is 5.91 Å². The summed E-state index contributed by atoms with van der Waals surface area (Å²) in [6, 6.07) is 7.17. The molecule has 0 atom stereocenters. The van der Waals surface area contributed by atoms with Crippen molar-refractivity contribution in [1.82, 2.24) is 25.3 Å². The largest absolute Gasteiger partial charge is 0.395 e. The summed E-state index contributed by atoms with van der Waals surface area (Å²) in [7, 11) is 0. The van der Waals surface area contributed by atoms with Crippen LogP contribution in [0.5, 0.6) is 0 Å². The summed E-state index contributed by atoms with van der Waals surface area (Å²) < 4.78 is 0. The number of aryl methyl sites for hydroxylation is 1. The predicted octanol–water partition coefficient (Wildman–Crippen LogP) is 2.47. The number of aromatic nitrogens is 3. The van der Waals surface area contributed by atoms with Gasteiger partial charge in [0.2, 0.25) is 5.95 Å². The number of hydrogen-bond donors (Lipinski definition) is 5. The molecule has 1 aliphatic heterocycles. The minimum absolute atomic E-state index is 0.113. The molecule has 1 saturated heterocycles. The number of rotatable bonds is 9. The van der Waals surface area contributed by atoms with E-state index in [1.807, 2.05) is 19.1 Å². The first-order chi connectivity index (χ1) is 18.9. The zero-order chi connectivity index (χ0) is 27.8. The van der Waals surface area contributed by atoms with E-state index in [1.165, 1.54) is 6.20 Å². The SMILES string of the molecule is CC#CC(=O)NNc1nc(Nc2ncc(C(=O)Nc3c(C)cccc3Cl)s2)cc(N2CCN(CCO)CC2)n1. The third-order valence-electron chi connectivity index (χ3n) is 5.78. The Bertz CT molecular complexity index is 1380. The van der Waals surface area contributed by atoms with Crippen LogP contribution in [0.25, 0.3) is 0 Å². The number of carbonyl (C=O) groups is 2. The van der Waals surface area contributed by atoms with E-state index in [0.29, 0.717) is 52.0 Å². The number of carbonyl (C=O) groups excluding carboxylic acids is 2. The molecule has 204 valence electrons. The van der Waals surface area contributed by atoms with E-state index in [2.05, 4.69) is 58.1 Å². The van der Waals surface area contributed by atoms with Gasteiger partial charge in [-0.3, -0.25) is 25.3 Å². The standard InChI is InChI=1S/C25H28ClN9O3S/c1-3-5-21(37)32-33-24-28-19(14-20(30-24)35-10-8-34(9-11-35)12-13-36)29-25-27-15-18(39-25)23(38)31-22-16(2)6-4-7-17(22)26/h4,6-7,14-15,36H,8-13H2,1-2H3,(H,31,38)(H,32,37)(H2,27,28,29,30,33). The summed E-state index contributed by atoms with van der Waals surface area (Å²) in [6.45, 7) is 7.11. The van der Waals surface area contributed by atoms with E-state index >= 15 is 0 Å². The molecular formula is C25H28ClN9O3S. The van der Waals surface area contributed by atoms with Crippen LogP contribution in [0.15, 0.2) is 30.5 Å². The molecule has 4 rings (SSSR count). The zero-order valence-electron chi connectivity index (χ0n) is 21.4. The maximum absolute atomic E-state index is 12.8. The average Bonchev–Trinajstić information content (AvgIpc) is 3.39. The minimum Gasteiger partial charge on any atom is -0.395 e. The Morgan fingerprint density at radius 2 is 2.00 bits per heavy atom. The van der Waals surface area contributed by atoms with Gasteiger partial charge in [-0.2, -0.15) is 9.97 Å². The van der Waals surface area contributed by atoms with Gasteiger partial charge in [0.05, 0.1) is 23.5 Å². The molecule has 0 unspecified atom stereocenters. The van der Waals surface area contributed by atoms with Crippen molar-refractivity contribution in [2.24, 2.45) is 0 Å². The lowest BCUT2D eigenvalue weighted by atomic mass is 10.2. The molecule has 12 nitrogen and oxygen atoms in total. The maximum Gasteiger partial charge on any atom is 0.314 e. The molecule has 2 amide bonds. The second-order valence-electron chi connectivity index (χ2n) is 8.48. The van der Waals surface area contributed by atoms with Crippen molar-refractivity contribution in [2.75, 3.05) is 60.3 Å². The molecule has 0 bridgehead atoms. The first-order valence-corrected chi connectivity index (χ1v) is 13.3. The molecule has 1 aliphatic rings. The molecular weight excluding hydrogens is 542 g/mol. The number of anilines is 5. The number of hydrogen-bond acceptors (Lipinski definition) is 11. The summed E-state index contributed by atoms with van der Waals surface area (Å²) in [5, 5.41) is 16.1. The minimum atomic E-state index is -0.525. The number of aliphatic hydroxyl groups is 1. The van der Waals surface area contributed by atoms with Crippen molar-refractivity contribution < 1.29 is 14.7 Å². The number of aliphatic hydroxyl groups excluding tert-OH is 1. The third kappa shape index (κ3) is 7.55. The first-order valence-electron chi connectivity index (χ1n) is 12.1. The van der Waals surface area contributed by atoms with Crippen LogP contribution in [0, 0.1) is 18.8 Å². The molecule has 1 fully saturated rings. The van der Waals surface area contributed by atoms with Crippen LogP contribution >= 0.6 is 22.9 Å². The second-order valence-corrected chi connectivity index (χ2v) is 9.92. The van der Waals surface area contributed by atoms with E-state index in [-0.39, 0.29) is 18.5 Å². The Morgan fingerprint density at radius 3 is 2.72 bits per heavy atom. The molecule has 39 heavy (non-hydrogen) atoms. The number of para-hydroxylation sites is 1. The van der Waals surface area contributed by atoms with Gasteiger partial charge in [-0.1, -0.05) is 41.0 Å². The van der Waals surface area contributed by atoms with Gasteiger partial charge < -0.3 is 20.6 Å². The van der Waals surface area contributed by atoms with Crippen LogP contribution in [-0.4, -0.2) is 76.1 Å². The number of amides is 2. The Morgan fingerprint density at radius 1 is 1.21 bits per heavy atom. The fraction of sp³-hybridized carbons (Fsp3) is 0.320. The van der Waals surface area contributed by atoms with Gasteiger partial charge in [-0.15, -0.1) is 0 Å². The van der Waals surface area contributed by atoms with E-state index in [9.17, 15) is 14.7 Å². The molecule has 2 aromatic heterocycles. The van der Waals surface area contributed by atoms with E-state index in [4.69, 9.17) is 11.6 Å². The second kappa shape index (κ2) is 13.2. The lowest BCUT2D eigenvalue weighted by Crippen LogP contribution is -2.47. The van der Waals surface area contributed by atoms with Crippen molar-refractivity contribution in [3.8, 4) is 11.8 Å². The number of halogens is 1. The van der Waals surface area contributed by atoms with E-state index in [0.717, 1.165) is 30.0 Å². The number of nitrogens with one attached hydrogen (secondary N) is 4. The Kier molecular flexibility index (Phi) is 9.50. The summed E-state index contributed by atoms with van der Waals surface area (Å²) in [5.74, 6) is 5.26. The van der Waals surface area contributed by atoms with Gasteiger partial charge in [0.15, 0.2) is 5.13 Å². The highest BCUT2D eigenvalue weighted by atomic mass is 35.5. The highest BCUT2D eigenvalue weighted by molar-refractivity contribution is 7.17. The molecule has 1 aromatic carbocycles. The fourth-order valence-electron chi connectivity index (χ4n) is 3.83. The summed E-state index contributed by atoms with van der Waals surface area (Å²) in [4.78, 5) is 42.6. The highest BCUT2D eigenvalue weighted by Gasteiger charge is 2.20. The van der Waals surface area contributed by atoms with Crippen LogP contribution in [0.3, 0.4) is 0 Å². The van der Waals surface area contributed by atoms with Gasteiger partial charge in [0, 0.05) is 38.8 Å². The molecule has 0 aliphatic carbocycles. The van der Waals surface area contributed by atoms with Crippen molar-refractivity contribution >= 4 is 63.2 Å². The summed E-state index contributed by atoms with van der Waals surface area (Å²) >= 11 is 7.40. The van der Waals surface area contributed by atoms with Gasteiger partial charge in [-0.05, 0) is 31.4 Å². The topological polar surface area (TPSA) is 148 Å². The monoisotopic (exact) mass is 569 g/mol. The Labute approximate surface area is 234 Å². The first kappa shape index (κ1) is 28.1. The van der Waals surface area contributed by atoms with Gasteiger partial charge in [-0.25, -0.2) is 4.98 Å². The average molecular weight is 570 g/mol. The van der Waals surface area contributed by atoms with Crippen LogP contribution < -0.4 is 26.4 Å². The molecule has 5 N–H and O–H groups in total. The summed E-state index contributed by atoms with van der Waals surface area (Å²) in [5.41, 5.74) is 6.55. The van der Waals surface area contributed by atoms with Gasteiger partial charge >= 0.3 is 5.91 Å². The predicted molar refractivity (Wildman–Crippen MR) is 153 cm³/mol. The smallest absolute Gasteiger partial charge is 0.314 e. The Hall–Kier alpha value is -3.96.